The third-order valence-electron chi connectivity index (χ3n) is 6.04. The van der Waals surface area contributed by atoms with Crippen molar-refractivity contribution in [3.05, 3.63) is 77.9 Å². The molecule has 3 aromatic carbocycles. The van der Waals surface area contributed by atoms with Crippen molar-refractivity contribution in [1.82, 2.24) is 0 Å². The fraction of sp³-hybridized carbons (Fsp3) is 0.222. The lowest BCUT2D eigenvalue weighted by Gasteiger charge is -2.47. The minimum absolute atomic E-state index is 0.219. The first-order valence-electron chi connectivity index (χ1n) is 11.6. The van der Waals surface area contributed by atoms with Crippen molar-refractivity contribution in [3.8, 4) is 34.5 Å². The second kappa shape index (κ2) is 11.1. The molecule has 1 heterocycles. The zero-order chi connectivity index (χ0) is 28.3. The first-order chi connectivity index (χ1) is 18.5. The zero-order valence-electron chi connectivity index (χ0n) is 20.2. The molecule has 1 fully saturated rings. The standard InChI is InChI=1S/C27H26O12/c28-13-21-27(36,7-6-14-8-16(29)12-17(30)9-14)24(34)23(26(38-21)37-18-4-2-1-3-5-18)39-25(35)15-10-19(31)22(33)20(32)11-15/h1-12,21,23-24,26,28-34,36H,13H2. The minimum Gasteiger partial charge on any atom is -0.508 e. The number of aliphatic hydroxyl groups is 3. The van der Waals surface area contributed by atoms with Crippen molar-refractivity contribution in [2.75, 3.05) is 6.61 Å². The molecule has 1 aliphatic rings. The fourth-order valence-electron chi connectivity index (χ4n) is 4.05. The van der Waals surface area contributed by atoms with Crippen LogP contribution in [0.25, 0.3) is 6.08 Å². The van der Waals surface area contributed by atoms with Crippen LogP contribution in [0.2, 0.25) is 0 Å². The van der Waals surface area contributed by atoms with Crippen LogP contribution in [-0.4, -0.2) is 83.6 Å². The van der Waals surface area contributed by atoms with E-state index in [1.165, 1.54) is 18.2 Å². The lowest BCUT2D eigenvalue weighted by Crippen LogP contribution is -2.67. The average molecular weight is 542 g/mol. The van der Waals surface area contributed by atoms with Gasteiger partial charge in [0.2, 0.25) is 6.29 Å². The molecular formula is C27H26O12. The van der Waals surface area contributed by atoms with Gasteiger partial charge in [0.25, 0.3) is 0 Å². The van der Waals surface area contributed by atoms with Gasteiger partial charge in [0.1, 0.15) is 35.1 Å². The summed E-state index contributed by atoms with van der Waals surface area (Å²) >= 11 is 0. The molecule has 12 nitrogen and oxygen atoms in total. The van der Waals surface area contributed by atoms with Gasteiger partial charge in [0, 0.05) is 6.07 Å². The van der Waals surface area contributed by atoms with Gasteiger partial charge in [-0.2, -0.15) is 0 Å². The van der Waals surface area contributed by atoms with E-state index in [2.05, 4.69) is 0 Å². The third kappa shape index (κ3) is 5.84. The summed E-state index contributed by atoms with van der Waals surface area (Å²) in [5.41, 5.74) is -2.58. The molecule has 1 aliphatic heterocycles. The molecule has 206 valence electrons. The van der Waals surface area contributed by atoms with Crippen LogP contribution >= 0.6 is 0 Å². The monoisotopic (exact) mass is 542 g/mol. The minimum atomic E-state index is -2.39. The Morgan fingerprint density at radius 3 is 2.15 bits per heavy atom. The molecular weight excluding hydrogens is 516 g/mol. The molecule has 3 aromatic rings. The summed E-state index contributed by atoms with van der Waals surface area (Å²) in [5.74, 6) is -3.98. The first kappa shape index (κ1) is 27.5. The molecule has 5 unspecified atom stereocenters. The summed E-state index contributed by atoms with van der Waals surface area (Å²) in [6.45, 7) is -0.807. The maximum absolute atomic E-state index is 12.9. The Bertz CT molecular complexity index is 1310. The predicted octanol–water partition coefficient (Wildman–Crippen LogP) is 1.34. The molecule has 0 spiro atoms. The van der Waals surface area contributed by atoms with Crippen LogP contribution in [0.15, 0.2) is 66.7 Å². The van der Waals surface area contributed by atoms with Crippen molar-refractivity contribution in [3.63, 3.8) is 0 Å². The second-order valence-corrected chi connectivity index (χ2v) is 8.79. The Morgan fingerprint density at radius 2 is 1.56 bits per heavy atom. The van der Waals surface area contributed by atoms with E-state index in [-0.39, 0.29) is 22.8 Å². The summed E-state index contributed by atoms with van der Waals surface area (Å²) in [7, 11) is 0. The Hall–Kier alpha value is -4.49. The van der Waals surface area contributed by atoms with Crippen molar-refractivity contribution >= 4 is 12.0 Å². The highest BCUT2D eigenvalue weighted by molar-refractivity contribution is 5.91. The highest BCUT2D eigenvalue weighted by atomic mass is 16.7. The molecule has 0 radical (unpaired) electrons. The molecule has 5 atom stereocenters. The van der Waals surface area contributed by atoms with Crippen LogP contribution in [-0.2, 0) is 9.47 Å². The Labute approximate surface area is 221 Å². The number of carbonyl (C=O) groups excluding carboxylic acids is 1. The Balaban J connectivity index is 1.70. The van der Waals surface area contributed by atoms with Crippen LogP contribution in [0.4, 0.5) is 0 Å². The van der Waals surface area contributed by atoms with Gasteiger partial charge in [0.15, 0.2) is 23.4 Å². The number of hydrogen-bond donors (Lipinski definition) is 8. The molecule has 39 heavy (non-hydrogen) atoms. The highest BCUT2D eigenvalue weighted by Gasteiger charge is 2.56. The lowest BCUT2D eigenvalue weighted by molar-refractivity contribution is -0.299. The van der Waals surface area contributed by atoms with E-state index in [4.69, 9.17) is 14.2 Å². The van der Waals surface area contributed by atoms with Crippen LogP contribution in [0.3, 0.4) is 0 Å². The van der Waals surface area contributed by atoms with E-state index in [0.717, 1.165) is 24.3 Å². The topological polar surface area (TPSA) is 207 Å². The SMILES string of the molecule is O=C(OC1C(Oc2ccccc2)OC(CO)C(O)(C=Cc2cc(O)cc(O)c2)C1O)c1cc(O)c(O)c(O)c1. The average Bonchev–Trinajstić information content (AvgIpc) is 2.90. The normalized spacial score (nSPS) is 24.9. The maximum atomic E-state index is 12.9. The van der Waals surface area contributed by atoms with E-state index >= 15 is 0 Å². The molecule has 4 rings (SSSR count). The molecule has 0 bridgehead atoms. The van der Waals surface area contributed by atoms with Gasteiger partial charge < -0.3 is 55.1 Å². The zero-order valence-corrected chi connectivity index (χ0v) is 20.2. The van der Waals surface area contributed by atoms with Gasteiger partial charge in [-0.3, -0.25) is 0 Å². The second-order valence-electron chi connectivity index (χ2n) is 8.79. The summed E-state index contributed by atoms with van der Waals surface area (Å²) < 4.78 is 16.9. The smallest absolute Gasteiger partial charge is 0.339 e. The van der Waals surface area contributed by atoms with Crippen LogP contribution < -0.4 is 4.74 Å². The van der Waals surface area contributed by atoms with E-state index in [9.17, 15) is 45.6 Å². The summed E-state index contributed by atoms with van der Waals surface area (Å²) in [6.07, 6.45) is -4.50. The number of phenols is 5. The number of hydrogen-bond acceptors (Lipinski definition) is 12. The quantitative estimate of drug-likeness (QED) is 0.157. The van der Waals surface area contributed by atoms with Crippen LogP contribution in [0.5, 0.6) is 34.5 Å². The molecule has 0 aromatic heterocycles. The van der Waals surface area contributed by atoms with Crippen LogP contribution in [0, 0.1) is 0 Å². The van der Waals surface area contributed by atoms with Crippen molar-refractivity contribution in [2.45, 2.75) is 30.2 Å². The number of rotatable bonds is 7. The number of aliphatic hydroxyl groups excluding tert-OH is 2. The van der Waals surface area contributed by atoms with Gasteiger partial charge in [-0.05, 0) is 48.0 Å². The molecule has 1 saturated heterocycles. The molecule has 0 saturated carbocycles. The lowest BCUT2D eigenvalue weighted by atomic mass is 9.83. The molecule has 12 heteroatoms. The van der Waals surface area contributed by atoms with E-state index in [1.807, 2.05) is 0 Å². The van der Waals surface area contributed by atoms with Gasteiger partial charge in [-0.15, -0.1) is 0 Å². The summed E-state index contributed by atoms with van der Waals surface area (Å²) in [6, 6.07) is 13.3. The van der Waals surface area contributed by atoms with Gasteiger partial charge in [-0.25, -0.2) is 4.79 Å². The van der Waals surface area contributed by atoms with Gasteiger partial charge in [0.05, 0.1) is 12.2 Å². The van der Waals surface area contributed by atoms with Crippen molar-refractivity contribution < 1.29 is 59.9 Å². The number of benzene rings is 3. The van der Waals surface area contributed by atoms with Crippen molar-refractivity contribution in [2.24, 2.45) is 0 Å². The summed E-state index contributed by atoms with van der Waals surface area (Å²) in [4.78, 5) is 12.9. The van der Waals surface area contributed by atoms with Gasteiger partial charge in [-0.1, -0.05) is 24.3 Å². The number of para-hydroxylation sites is 1. The highest BCUT2D eigenvalue weighted by Crippen LogP contribution is 2.38. The fourth-order valence-corrected chi connectivity index (χ4v) is 4.05. The number of carbonyl (C=O) groups is 1. The Morgan fingerprint density at radius 1 is 0.949 bits per heavy atom. The van der Waals surface area contributed by atoms with Crippen LogP contribution in [0.1, 0.15) is 15.9 Å². The summed E-state index contributed by atoms with van der Waals surface area (Å²) in [5, 5.41) is 81.3. The number of ether oxygens (including phenoxy) is 3. The van der Waals surface area contributed by atoms with Gasteiger partial charge >= 0.3 is 5.97 Å². The van der Waals surface area contributed by atoms with Crippen molar-refractivity contribution in [1.29, 1.82) is 0 Å². The number of phenolic OH excluding ortho intramolecular Hbond substituents is 5. The van der Waals surface area contributed by atoms with E-state index in [0.29, 0.717) is 0 Å². The van der Waals surface area contributed by atoms with E-state index in [1.54, 1.807) is 30.3 Å². The molecule has 8 N–H and O–H groups in total. The Kier molecular flexibility index (Phi) is 7.83. The first-order valence-corrected chi connectivity index (χ1v) is 11.6. The molecule has 0 amide bonds. The largest absolute Gasteiger partial charge is 0.508 e. The maximum Gasteiger partial charge on any atom is 0.339 e. The van der Waals surface area contributed by atoms with E-state index < -0.39 is 65.6 Å². The number of aromatic hydroxyl groups is 5. The molecule has 0 aliphatic carbocycles. The number of esters is 1. The predicted molar refractivity (Wildman–Crippen MR) is 133 cm³/mol. The third-order valence-corrected chi connectivity index (χ3v) is 6.04.